The molecule has 0 saturated carbocycles. The number of nitrogens with one attached hydrogen (secondary N) is 1. The van der Waals surface area contributed by atoms with E-state index in [1.165, 1.54) is 0 Å². The lowest BCUT2D eigenvalue weighted by molar-refractivity contribution is 1.08. The van der Waals surface area contributed by atoms with Gasteiger partial charge in [0.2, 0.25) is 0 Å². The molecule has 0 bridgehead atoms. The molecule has 2 rings (SSSR count). The number of aromatic nitrogens is 2. The fourth-order valence-electron chi connectivity index (χ4n) is 1.36. The monoisotopic (exact) mass is 207 g/mol. The molecular weight excluding hydrogens is 198 g/mol. The number of aromatic amines is 1. The number of nitrogens with two attached hydrogens (primary N) is 1. The summed E-state index contributed by atoms with van der Waals surface area (Å²) in [5.41, 5.74) is 8.52. The number of nitrogens with zero attached hydrogens (tertiary/aromatic N) is 1. The van der Waals surface area contributed by atoms with Crippen LogP contribution in [0.5, 0.6) is 0 Å². The van der Waals surface area contributed by atoms with Gasteiger partial charge in [-0.2, -0.15) is 5.10 Å². The highest BCUT2D eigenvalue weighted by atomic mass is 35.5. The van der Waals surface area contributed by atoms with Crippen molar-refractivity contribution in [3.8, 4) is 11.3 Å². The molecule has 0 spiro atoms. The minimum Gasteiger partial charge on any atom is -0.326 e. The van der Waals surface area contributed by atoms with Gasteiger partial charge in [-0.3, -0.25) is 5.10 Å². The molecule has 2 aromatic rings. The van der Waals surface area contributed by atoms with Gasteiger partial charge >= 0.3 is 0 Å². The van der Waals surface area contributed by atoms with Crippen LogP contribution in [0.2, 0.25) is 5.02 Å². The van der Waals surface area contributed by atoms with Crippen molar-refractivity contribution in [1.82, 2.24) is 10.2 Å². The largest absolute Gasteiger partial charge is 0.326 e. The van der Waals surface area contributed by atoms with Gasteiger partial charge < -0.3 is 5.73 Å². The lowest BCUT2D eigenvalue weighted by atomic mass is 10.1. The summed E-state index contributed by atoms with van der Waals surface area (Å²) in [5, 5.41) is 7.57. The number of rotatable bonds is 2. The molecule has 0 atom stereocenters. The molecule has 1 aromatic heterocycles. The molecule has 1 aromatic carbocycles. The van der Waals surface area contributed by atoms with Crippen molar-refractivity contribution in [2.24, 2.45) is 5.73 Å². The van der Waals surface area contributed by atoms with Crippen LogP contribution in [0.3, 0.4) is 0 Å². The molecule has 0 aliphatic rings. The standard InChI is InChI=1S/C10H10ClN3/c11-9-3-1-2-7(4-9)10-8(5-12)6-13-14-10/h1-4,6H,5,12H2,(H,13,14). The van der Waals surface area contributed by atoms with Crippen molar-refractivity contribution < 1.29 is 0 Å². The van der Waals surface area contributed by atoms with Crippen LogP contribution in [-0.4, -0.2) is 10.2 Å². The highest BCUT2D eigenvalue weighted by Crippen LogP contribution is 2.23. The molecule has 0 fully saturated rings. The van der Waals surface area contributed by atoms with E-state index < -0.39 is 0 Å². The van der Waals surface area contributed by atoms with E-state index >= 15 is 0 Å². The Balaban J connectivity index is 2.49. The molecule has 4 heteroatoms. The number of hydrogen-bond donors (Lipinski definition) is 2. The zero-order valence-corrected chi connectivity index (χ0v) is 8.25. The summed E-state index contributed by atoms with van der Waals surface area (Å²) in [6.45, 7) is 0.471. The van der Waals surface area contributed by atoms with Gasteiger partial charge in [0.25, 0.3) is 0 Å². The van der Waals surface area contributed by atoms with Gasteiger partial charge in [0, 0.05) is 22.7 Å². The first-order valence-electron chi connectivity index (χ1n) is 4.29. The van der Waals surface area contributed by atoms with Crippen LogP contribution < -0.4 is 5.73 Å². The molecule has 0 radical (unpaired) electrons. The van der Waals surface area contributed by atoms with Gasteiger partial charge in [-0.15, -0.1) is 0 Å². The Morgan fingerprint density at radius 3 is 3.00 bits per heavy atom. The lowest BCUT2D eigenvalue weighted by Crippen LogP contribution is -1.96. The fourth-order valence-corrected chi connectivity index (χ4v) is 1.55. The Hall–Kier alpha value is -1.32. The van der Waals surface area contributed by atoms with Crippen molar-refractivity contribution in [2.75, 3.05) is 0 Å². The van der Waals surface area contributed by atoms with E-state index in [9.17, 15) is 0 Å². The van der Waals surface area contributed by atoms with Crippen molar-refractivity contribution >= 4 is 11.6 Å². The van der Waals surface area contributed by atoms with Crippen LogP contribution in [0.1, 0.15) is 5.56 Å². The number of hydrogen-bond acceptors (Lipinski definition) is 2. The Bertz CT molecular complexity index is 436. The van der Waals surface area contributed by atoms with Crippen molar-refractivity contribution in [2.45, 2.75) is 6.54 Å². The summed E-state index contributed by atoms with van der Waals surface area (Å²) in [6, 6.07) is 7.59. The van der Waals surface area contributed by atoms with Gasteiger partial charge in [0.1, 0.15) is 0 Å². The second-order valence-corrected chi connectivity index (χ2v) is 3.42. The summed E-state index contributed by atoms with van der Waals surface area (Å²) in [4.78, 5) is 0. The first kappa shape index (κ1) is 9.24. The molecule has 0 unspecified atom stereocenters. The maximum atomic E-state index is 5.89. The highest BCUT2D eigenvalue weighted by Gasteiger charge is 2.05. The second-order valence-electron chi connectivity index (χ2n) is 2.98. The van der Waals surface area contributed by atoms with E-state index in [4.69, 9.17) is 17.3 Å². The minimum atomic E-state index is 0.471. The van der Waals surface area contributed by atoms with Gasteiger partial charge in [-0.1, -0.05) is 23.7 Å². The molecular formula is C10H10ClN3. The minimum absolute atomic E-state index is 0.471. The molecule has 0 aliphatic heterocycles. The van der Waals surface area contributed by atoms with Gasteiger partial charge in [0.15, 0.2) is 0 Å². The van der Waals surface area contributed by atoms with Crippen LogP contribution in [0.15, 0.2) is 30.5 Å². The normalized spacial score (nSPS) is 10.4. The highest BCUT2D eigenvalue weighted by molar-refractivity contribution is 6.30. The summed E-state index contributed by atoms with van der Waals surface area (Å²) in [5.74, 6) is 0. The average Bonchev–Trinajstić information content (AvgIpc) is 2.65. The van der Waals surface area contributed by atoms with Crippen LogP contribution in [0.25, 0.3) is 11.3 Å². The van der Waals surface area contributed by atoms with Crippen LogP contribution in [-0.2, 0) is 6.54 Å². The number of benzene rings is 1. The van der Waals surface area contributed by atoms with Crippen molar-refractivity contribution in [3.05, 3.63) is 41.0 Å². The van der Waals surface area contributed by atoms with Crippen molar-refractivity contribution in [3.63, 3.8) is 0 Å². The zero-order chi connectivity index (χ0) is 9.97. The Morgan fingerprint density at radius 2 is 2.29 bits per heavy atom. The van der Waals surface area contributed by atoms with E-state index in [-0.39, 0.29) is 0 Å². The Kier molecular flexibility index (Phi) is 2.52. The smallest absolute Gasteiger partial charge is 0.0695 e. The maximum absolute atomic E-state index is 5.89. The van der Waals surface area contributed by atoms with E-state index in [2.05, 4.69) is 10.2 Å². The number of H-pyrrole nitrogens is 1. The van der Waals surface area contributed by atoms with Gasteiger partial charge in [-0.25, -0.2) is 0 Å². The van der Waals surface area contributed by atoms with Gasteiger partial charge in [0.05, 0.1) is 11.9 Å². The summed E-state index contributed by atoms with van der Waals surface area (Å²) in [7, 11) is 0. The van der Waals surface area contributed by atoms with Crippen LogP contribution in [0.4, 0.5) is 0 Å². The third kappa shape index (κ3) is 1.64. The van der Waals surface area contributed by atoms with Crippen LogP contribution in [0, 0.1) is 0 Å². The van der Waals surface area contributed by atoms with E-state index in [1.807, 2.05) is 24.3 Å². The third-order valence-corrected chi connectivity index (χ3v) is 2.29. The van der Waals surface area contributed by atoms with E-state index in [1.54, 1.807) is 6.20 Å². The lowest BCUT2D eigenvalue weighted by Gasteiger charge is -2.01. The summed E-state index contributed by atoms with van der Waals surface area (Å²) < 4.78 is 0. The molecule has 0 aliphatic carbocycles. The van der Waals surface area contributed by atoms with Crippen LogP contribution >= 0.6 is 11.6 Å². The molecule has 3 N–H and O–H groups in total. The van der Waals surface area contributed by atoms with Crippen molar-refractivity contribution in [1.29, 1.82) is 0 Å². The summed E-state index contributed by atoms with van der Waals surface area (Å²) in [6.07, 6.45) is 1.73. The molecule has 1 heterocycles. The molecule has 0 saturated heterocycles. The fraction of sp³-hybridized carbons (Fsp3) is 0.100. The first-order chi connectivity index (χ1) is 6.81. The van der Waals surface area contributed by atoms with E-state index in [0.717, 1.165) is 16.8 Å². The Morgan fingerprint density at radius 1 is 1.43 bits per heavy atom. The van der Waals surface area contributed by atoms with E-state index in [0.29, 0.717) is 11.6 Å². The Labute approximate surface area is 86.9 Å². The first-order valence-corrected chi connectivity index (χ1v) is 4.67. The quantitative estimate of drug-likeness (QED) is 0.793. The predicted molar refractivity (Wildman–Crippen MR) is 56.9 cm³/mol. The SMILES string of the molecule is NCc1cn[nH]c1-c1cccc(Cl)c1. The zero-order valence-electron chi connectivity index (χ0n) is 7.50. The maximum Gasteiger partial charge on any atom is 0.0695 e. The average molecular weight is 208 g/mol. The van der Waals surface area contributed by atoms with Gasteiger partial charge in [-0.05, 0) is 12.1 Å². The third-order valence-electron chi connectivity index (χ3n) is 2.05. The predicted octanol–water partition coefficient (Wildman–Crippen LogP) is 2.19. The molecule has 72 valence electrons. The topological polar surface area (TPSA) is 54.7 Å². The summed E-state index contributed by atoms with van der Waals surface area (Å²) >= 11 is 5.89. The molecule has 3 nitrogen and oxygen atoms in total. The molecule has 14 heavy (non-hydrogen) atoms. The number of halogens is 1. The second kappa shape index (κ2) is 3.82. The molecule has 0 amide bonds.